The van der Waals surface area contributed by atoms with Crippen LogP contribution in [-0.4, -0.2) is 83.2 Å². The standard InChI is InChI=1S/C17H27N3O6S2/c1-25-15-6-7-16(26-2)17(14-15)27(21,22)18-10-12-20(13-11-18)28(23,24)19-8-4-3-5-9-19/h6-7,14H,3-5,8-13H2,1-2H3. The molecule has 0 aromatic heterocycles. The van der Waals surface area contributed by atoms with Gasteiger partial charge in [-0.3, -0.25) is 0 Å². The summed E-state index contributed by atoms with van der Waals surface area (Å²) in [6.45, 7) is 1.50. The minimum Gasteiger partial charge on any atom is -0.497 e. The molecule has 2 aliphatic heterocycles. The molecule has 0 N–H and O–H groups in total. The molecule has 0 atom stereocenters. The molecule has 0 spiro atoms. The maximum absolute atomic E-state index is 13.1. The number of hydrogen-bond acceptors (Lipinski definition) is 6. The van der Waals surface area contributed by atoms with Crippen molar-refractivity contribution in [2.24, 2.45) is 0 Å². The van der Waals surface area contributed by atoms with Crippen LogP contribution in [0.5, 0.6) is 11.5 Å². The average Bonchev–Trinajstić information content (AvgIpc) is 2.74. The zero-order valence-electron chi connectivity index (χ0n) is 16.2. The van der Waals surface area contributed by atoms with Gasteiger partial charge in [0.25, 0.3) is 10.2 Å². The molecule has 158 valence electrons. The number of rotatable bonds is 6. The molecule has 0 unspecified atom stereocenters. The molecule has 2 saturated heterocycles. The normalized spacial score (nSPS) is 20.8. The molecule has 2 heterocycles. The summed E-state index contributed by atoms with van der Waals surface area (Å²) < 4.78 is 66.3. The second-order valence-electron chi connectivity index (χ2n) is 6.79. The fourth-order valence-corrected chi connectivity index (χ4v) is 6.79. The van der Waals surface area contributed by atoms with E-state index in [2.05, 4.69) is 0 Å². The molecule has 0 radical (unpaired) electrons. The fraction of sp³-hybridized carbons (Fsp3) is 0.647. The van der Waals surface area contributed by atoms with Crippen LogP contribution < -0.4 is 9.47 Å². The Labute approximate surface area is 167 Å². The predicted molar refractivity (Wildman–Crippen MR) is 104 cm³/mol. The minimum atomic E-state index is -3.84. The zero-order valence-corrected chi connectivity index (χ0v) is 17.8. The Hall–Kier alpha value is -1.40. The number of benzene rings is 1. The van der Waals surface area contributed by atoms with E-state index in [0.29, 0.717) is 18.8 Å². The number of piperidine rings is 1. The van der Waals surface area contributed by atoms with Crippen molar-refractivity contribution in [3.8, 4) is 11.5 Å². The number of sulfonamides is 1. The number of piperazine rings is 1. The quantitative estimate of drug-likeness (QED) is 0.657. The first-order valence-corrected chi connectivity index (χ1v) is 12.1. The van der Waals surface area contributed by atoms with E-state index in [9.17, 15) is 16.8 Å². The van der Waals surface area contributed by atoms with Crippen LogP contribution in [0.2, 0.25) is 0 Å². The monoisotopic (exact) mass is 433 g/mol. The highest BCUT2D eigenvalue weighted by Gasteiger charge is 2.37. The molecule has 0 aliphatic carbocycles. The van der Waals surface area contributed by atoms with Crippen molar-refractivity contribution in [1.29, 1.82) is 0 Å². The van der Waals surface area contributed by atoms with E-state index in [1.807, 2.05) is 0 Å². The molecule has 0 bridgehead atoms. The summed E-state index contributed by atoms with van der Waals surface area (Å²) in [5, 5.41) is 0. The van der Waals surface area contributed by atoms with Crippen LogP contribution in [0.3, 0.4) is 0 Å². The number of nitrogens with zero attached hydrogens (tertiary/aromatic N) is 3. The summed E-state index contributed by atoms with van der Waals surface area (Å²) in [4.78, 5) is 0.0155. The molecule has 0 saturated carbocycles. The van der Waals surface area contributed by atoms with Gasteiger partial charge in [-0.25, -0.2) is 8.42 Å². The molecule has 28 heavy (non-hydrogen) atoms. The van der Waals surface area contributed by atoms with Crippen molar-refractivity contribution in [2.75, 3.05) is 53.5 Å². The van der Waals surface area contributed by atoms with Gasteiger partial charge in [0.1, 0.15) is 16.4 Å². The number of methoxy groups -OCH3 is 2. The van der Waals surface area contributed by atoms with Gasteiger partial charge >= 0.3 is 0 Å². The van der Waals surface area contributed by atoms with Gasteiger partial charge in [0.2, 0.25) is 10.0 Å². The largest absolute Gasteiger partial charge is 0.497 e. The molecule has 0 amide bonds. The van der Waals surface area contributed by atoms with E-state index in [-0.39, 0.29) is 36.8 Å². The Kier molecular flexibility index (Phi) is 6.50. The highest BCUT2D eigenvalue weighted by molar-refractivity contribution is 7.89. The van der Waals surface area contributed by atoms with Crippen LogP contribution >= 0.6 is 0 Å². The van der Waals surface area contributed by atoms with Gasteiger partial charge in [0, 0.05) is 45.3 Å². The maximum atomic E-state index is 13.1. The van der Waals surface area contributed by atoms with Crippen molar-refractivity contribution >= 4 is 20.2 Å². The second-order valence-corrected chi connectivity index (χ2v) is 10.6. The van der Waals surface area contributed by atoms with Gasteiger partial charge in [0.05, 0.1) is 14.2 Å². The van der Waals surface area contributed by atoms with Crippen molar-refractivity contribution in [1.82, 2.24) is 12.9 Å². The molecule has 9 nitrogen and oxygen atoms in total. The van der Waals surface area contributed by atoms with E-state index in [1.165, 1.54) is 33.2 Å². The first-order valence-electron chi connectivity index (χ1n) is 9.28. The first kappa shape index (κ1) is 21.3. The SMILES string of the molecule is COc1ccc(OC)c(S(=O)(=O)N2CCN(S(=O)(=O)N3CCCCC3)CC2)c1. The van der Waals surface area contributed by atoms with Crippen LogP contribution in [-0.2, 0) is 20.2 Å². The van der Waals surface area contributed by atoms with Crippen molar-refractivity contribution in [3.63, 3.8) is 0 Å². The maximum Gasteiger partial charge on any atom is 0.282 e. The third kappa shape index (κ3) is 4.13. The molecule has 1 aromatic rings. The van der Waals surface area contributed by atoms with Gasteiger partial charge in [-0.15, -0.1) is 0 Å². The van der Waals surface area contributed by atoms with Crippen LogP contribution in [0.15, 0.2) is 23.1 Å². The molecular weight excluding hydrogens is 406 g/mol. The van der Waals surface area contributed by atoms with Gasteiger partial charge < -0.3 is 9.47 Å². The van der Waals surface area contributed by atoms with Gasteiger partial charge in [-0.2, -0.15) is 21.3 Å². The van der Waals surface area contributed by atoms with Crippen LogP contribution in [0.25, 0.3) is 0 Å². The average molecular weight is 434 g/mol. The fourth-order valence-electron chi connectivity index (χ4n) is 3.52. The van der Waals surface area contributed by atoms with Gasteiger partial charge in [-0.1, -0.05) is 6.42 Å². The van der Waals surface area contributed by atoms with E-state index in [0.717, 1.165) is 19.3 Å². The Morgan fingerprint density at radius 1 is 0.750 bits per heavy atom. The van der Waals surface area contributed by atoms with E-state index in [4.69, 9.17) is 9.47 Å². The lowest BCUT2D eigenvalue weighted by molar-refractivity contribution is 0.245. The number of ether oxygens (including phenoxy) is 2. The third-order valence-electron chi connectivity index (χ3n) is 5.15. The van der Waals surface area contributed by atoms with Crippen molar-refractivity contribution in [2.45, 2.75) is 24.2 Å². The zero-order chi connectivity index (χ0) is 20.4. The van der Waals surface area contributed by atoms with E-state index >= 15 is 0 Å². The highest BCUT2D eigenvalue weighted by atomic mass is 32.2. The predicted octanol–water partition coefficient (Wildman–Crippen LogP) is 0.741. The Morgan fingerprint density at radius 3 is 1.89 bits per heavy atom. The highest BCUT2D eigenvalue weighted by Crippen LogP contribution is 2.31. The first-order chi connectivity index (χ1) is 13.3. The summed E-state index contributed by atoms with van der Waals surface area (Å²) in [5.74, 6) is 0.634. The van der Waals surface area contributed by atoms with Crippen LogP contribution in [0, 0.1) is 0 Å². The molecule has 1 aromatic carbocycles. The summed E-state index contributed by atoms with van der Waals surface area (Å²) in [5.41, 5.74) is 0. The van der Waals surface area contributed by atoms with Crippen molar-refractivity contribution < 1.29 is 26.3 Å². The lowest BCUT2D eigenvalue weighted by Crippen LogP contribution is -2.54. The van der Waals surface area contributed by atoms with Gasteiger partial charge in [0.15, 0.2) is 0 Å². The second kappa shape index (κ2) is 8.54. The lowest BCUT2D eigenvalue weighted by atomic mass is 10.2. The minimum absolute atomic E-state index is 0.0155. The van der Waals surface area contributed by atoms with Crippen LogP contribution in [0.1, 0.15) is 19.3 Å². The van der Waals surface area contributed by atoms with Crippen LogP contribution in [0.4, 0.5) is 0 Å². The molecule has 2 aliphatic rings. The van der Waals surface area contributed by atoms with E-state index in [1.54, 1.807) is 12.1 Å². The lowest BCUT2D eigenvalue weighted by Gasteiger charge is -2.37. The summed E-state index contributed by atoms with van der Waals surface area (Å²) in [6, 6.07) is 4.59. The topological polar surface area (TPSA) is 96.5 Å². The molecule has 11 heteroatoms. The Balaban J connectivity index is 1.75. The van der Waals surface area contributed by atoms with E-state index < -0.39 is 20.2 Å². The smallest absolute Gasteiger partial charge is 0.282 e. The van der Waals surface area contributed by atoms with Gasteiger partial charge in [-0.05, 0) is 25.0 Å². The molecule has 3 rings (SSSR count). The Morgan fingerprint density at radius 2 is 1.32 bits per heavy atom. The van der Waals surface area contributed by atoms with Crippen molar-refractivity contribution in [3.05, 3.63) is 18.2 Å². The summed E-state index contributed by atoms with van der Waals surface area (Å²) in [7, 11) is -4.51. The molecule has 2 fully saturated rings. The molecular formula is C17H27N3O6S2. The number of hydrogen-bond donors (Lipinski definition) is 0. The summed E-state index contributed by atoms with van der Waals surface area (Å²) >= 11 is 0. The third-order valence-corrected chi connectivity index (χ3v) is 9.11. The Bertz CT molecular complexity index is 889. The summed E-state index contributed by atoms with van der Waals surface area (Å²) in [6.07, 6.45) is 2.77.